The molecule has 2 aromatic carbocycles. The van der Waals surface area contributed by atoms with Crippen molar-refractivity contribution in [2.45, 2.75) is 24.3 Å². The molecule has 0 bridgehead atoms. The Labute approximate surface area is 185 Å². The second-order valence-electron chi connectivity index (χ2n) is 7.02. The number of methoxy groups -OCH3 is 2. The van der Waals surface area contributed by atoms with Gasteiger partial charge in [0.05, 0.1) is 37.1 Å². The van der Waals surface area contributed by atoms with Crippen molar-refractivity contribution in [3.05, 3.63) is 52.5 Å². The molecule has 1 aliphatic heterocycles. The van der Waals surface area contributed by atoms with Gasteiger partial charge < -0.3 is 14.8 Å². The minimum atomic E-state index is -3.64. The van der Waals surface area contributed by atoms with Gasteiger partial charge in [-0.25, -0.2) is 8.42 Å². The molecule has 1 fully saturated rings. The molecule has 30 heavy (non-hydrogen) atoms. The number of halogens is 1. The first-order valence-electron chi connectivity index (χ1n) is 9.60. The summed E-state index contributed by atoms with van der Waals surface area (Å²) in [5.41, 5.74) is 0.742. The van der Waals surface area contributed by atoms with E-state index >= 15 is 0 Å². The number of carbonyl (C=O) groups is 1. The van der Waals surface area contributed by atoms with Crippen LogP contribution >= 0.6 is 15.9 Å². The van der Waals surface area contributed by atoms with E-state index in [1.807, 2.05) is 6.07 Å². The Morgan fingerprint density at radius 2 is 1.77 bits per heavy atom. The van der Waals surface area contributed by atoms with Crippen LogP contribution in [0.1, 0.15) is 18.4 Å². The summed E-state index contributed by atoms with van der Waals surface area (Å²) in [5.74, 6) is 0.652. The average Bonchev–Trinajstić information content (AvgIpc) is 2.77. The van der Waals surface area contributed by atoms with Gasteiger partial charge in [0.2, 0.25) is 15.9 Å². The summed E-state index contributed by atoms with van der Waals surface area (Å²) in [5, 5.41) is 2.91. The average molecular weight is 497 g/mol. The van der Waals surface area contributed by atoms with Crippen LogP contribution in [0.2, 0.25) is 0 Å². The lowest BCUT2D eigenvalue weighted by molar-refractivity contribution is -0.126. The molecular weight excluding hydrogens is 472 g/mol. The van der Waals surface area contributed by atoms with Gasteiger partial charge in [0, 0.05) is 17.6 Å². The first-order valence-corrected chi connectivity index (χ1v) is 11.8. The van der Waals surface area contributed by atoms with Gasteiger partial charge in [-0.05, 0) is 49.2 Å². The lowest BCUT2D eigenvalue weighted by atomic mass is 9.98. The van der Waals surface area contributed by atoms with Crippen molar-refractivity contribution < 1.29 is 22.7 Å². The van der Waals surface area contributed by atoms with Gasteiger partial charge in [-0.1, -0.05) is 22.0 Å². The van der Waals surface area contributed by atoms with Crippen LogP contribution < -0.4 is 14.8 Å². The van der Waals surface area contributed by atoms with Crippen LogP contribution in [0.3, 0.4) is 0 Å². The number of piperidine rings is 1. The number of rotatable bonds is 7. The molecule has 1 saturated heterocycles. The Morgan fingerprint density at radius 1 is 1.13 bits per heavy atom. The predicted molar refractivity (Wildman–Crippen MR) is 117 cm³/mol. The van der Waals surface area contributed by atoms with Crippen molar-refractivity contribution in [3.8, 4) is 11.5 Å². The molecule has 1 aliphatic rings. The molecule has 3 rings (SSSR count). The molecule has 0 aromatic heterocycles. The van der Waals surface area contributed by atoms with E-state index in [0.717, 1.165) is 10.0 Å². The Kier molecular flexibility index (Phi) is 7.38. The first-order chi connectivity index (χ1) is 14.4. The quantitative estimate of drug-likeness (QED) is 0.636. The highest BCUT2D eigenvalue weighted by molar-refractivity contribution is 9.10. The van der Waals surface area contributed by atoms with Crippen molar-refractivity contribution in [2.75, 3.05) is 27.3 Å². The number of amides is 1. The Balaban J connectivity index is 1.69. The zero-order valence-electron chi connectivity index (χ0n) is 16.9. The third-order valence-corrected chi connectivity index (χ3v) is 7.58. The third-order valence-electron chi connectivity index (χ3n) is 5.18. The number of nitrogens with one attached hydrogen (secondary N) is 1. The largest absolute Gasteiger partial charge is 0.496 e. The number of hydrogen-bond acceptors (Lipinski definition) is 5. The number of nitrogens with zero attached hydrogens (tertiary/aromatic N) is 1. The molecule has 7 nitrogen and oxygen atoms in total. The summed E-state index contributed by atoms with van der Waals surface area (Å²) >= 11 is 3.31. The second kappa shape index (κ2) is 9.80. The number of hydrogen-bond donors (Lipinski definition) is 1. The van der Waals surface area contributed by atoms with E-state index in [-0.39, 0.29) is 23.9 Å². The van der Waals surface area contributed by atoms with Gasteiger partial charge in [0.15, 0.2) is 0 Å². The zero-order chi connectivity index (χ0) is 21.7. The SMILES string of the molecule is COc1cccc(OC)c1CNC(=O)[C@H]1CCCN(S(=O)(=O)c2ccc(Br)cc2)C1. The standard InChI is InChI=1S/C21H25BrN2O5S/c1-28-19-6-3-7-20(29-2)18(19)13-23-21(25)15-5-4-12-24(14-15)30(26,27)17-10-8-16(22)9-11-17/h3,6-11,15H,4-5,12-14H2,1-2H3,(H,23,25)/t15-/m0/s1. The summed E-state index contributed by atoms with van der Waals surface area (Å²) in [7, 11) is -0.518. The van der Waals surface area contributed by atoms with E-state index in [4.69, 9.17) is 9.47 Å². The maximum absolute atomic E-state index is 13.0. The molecule has 1 N–H and O–H groups in total. The van der Waals surface area contributed by atoms with E-state index in [2.05, 4.69) is 21.2 Å². The van der Waals surface area contributed by atoms with Gasteiger partial charge in [0.25, 0.3) is 0 Å². The Morgan fingerprint density at radius 3 is 2.37 bits per heavy atom. The van der Waals surface area contributed by atoms with Crippen LogP contribution in [0, 0.1) is 5.92 Å². The normalized spacial score (nSPS) is 17.4. The van der Waals surface area contributed by atoms with Crippen molar-refractivity contribution in [3.63, 3.8) is 0 Å². The molecule has 9 heteroatoms. The van der Waals surface area contributed by atoms with E-state index in [9.17, 15) is 13.2 Å². The lowest BCUT2D eigenvalue weighted by Crippen LogP contribution is -2.45. The molecule has 1 amide bonds. The smallest absolute Gasteiger partial charge is 0.243 e. The monoisotopic (exact) mass is 496 g/mol. The number of carbonyl (C=O) groups excluding carboxylic acids is 1. The Bertz CT molecular complexity index is 973. The molecule has 1 atom stereocenters. The minimum absolute atomic E-state index is 0.160. The number of sulfonamides is 1. The first kappa shape index (κ1) is 22.6. The number of benzene rings is 2. The van der Waals surface area contributed by atoms with Crippen molar-refractivity contribution in [1.29, 1.82) is 0 Å². The molecule has 0 saturated carbocycles. The van der Waals surface area contributed by atoms with Gasteiger partial charge in [0.1, 0.15) is 11.5 Å². The fourth-order valence-electron chi connectivity index (χ4n) is 3.55. The summed E-state index contributed by atoms with van der Waals surface area (Å²) in [6, 6.07) is 11.9. The molecule has 2 aromatic rings. The van der Waals surface area contributed by atoms with Crippen LogP contribution in [0.15, 0.2) is 51.8 Å². The van der Waals surface area contributed by atoms with Crippen LogP contribution in [-0.4, -0.2) is 45.9 Å². The topological polar surface area (TPSA) is 84.9 Å². The highest BCUT2D eigenvalue weighted by Gasteiger charge is 2.33. The summed E-state index contributed by atoms with van der Waals surface area (Å²) in [6.45, 7) is 0.803. The van der Waals surface area contributed by atoms with Crippen molar-refractivity contribution in [2.24, 2.45) is 5.92 Å². The van der Waals surface area contributed by atoms with E-state index < -0.39 is 15.9 Å². The maximum Gasteiger partial charge on any atom is 0.243 e. The Hall–Kier alpha value is -2.10. The molecular formula is C21H25BrN2O5S. The third kappa shape index (κ3) is 4.96. The fraction of sp³-hybridized carbons (Fsp3) is 0.381. The van der Waals surface area contributed by atoms with Gasteiger partial charge in [-0.2, -0.15) is 4.31 Å². The van der Waals surface area contributed by atoms with Gasteiger partial charge in [-0.3, -0.25) is 4.79 Å². The van der Waals surface area contributed by atoms with Crippen LogP contribution in [0.5, 0.6) is 11.5 Å². The molecule has 0 aliphatic carbocycles. The molecule has 0 radical (unpaired) electrons. The van der Waals surface area contributed by atoms with Crippen LogP contribution in [-0.2, 0) is 21.4 Å². The highest BCUT2D eigenvalue weighted by atomic mass is 79.9. The highest BCUT2D eigenvalue weighted by Crippen LogP contribution is 2.29. The van der Waals surface area contributed by atoms with E-state index in [1.165, 1.54) is 4.31 Å². The molecule has 162 valence electrons. The zero-order valence-corrected chi connectivity index (χ0v) is 19.3. The molecule has 0 unspecified atom stereocenters. The maximum atomic E-state index is 13.0. The van der Waals surface area contributed by atoms with E-state index in [1.54, 1.807) is 50.6 Å². The summed E-state index contributed by atoms with van der Waals surface area (Å²) in [4.78, 5) is 13.0. The summed E-state index contributed by atoms with van der Waals surface area (Å²) in [6.07, 6.45) is 1.27. The summed E-state index contributed by atoms with van der Waals surface area (Å²) < 4.78 is 38.8. The van der Waals surface area contributed by atoms with Crippen molar-refractivity contribution >= 4 is 31.9 Å². The minimum Gasteiger partial charge on any atom is -0.496 e. The van der Waals surface area contributed by atoms with Crippen molar-refractivity contribution in [1.82, 2.24) is 9.62 Å². The fourth-order valence-corrected chi connectivity index (χ4v) is 5.34. The molecule has 1 heterocycles. The van der Waals surface area contributed by atoms with E-state index in [0.29, 0.717) is 30.9 Å². The van der Waals surface area contributed by atoms with Crippen LogP contribution in [0.4, 0.5) is 0 Å². The van der Waals surface area contributed by atoms with Gasteiger partial charge in [-0.15, -0.1) is 0 Å². The lowest BCUT2D eigenvalue weighted by Gasteiger charge is -2.31. The van der Waals surface area contributed by atoms with Crippen LogP contribution in [0.25, 0.3) is 0 Å². The predicted octanol–water partition coefficient (Wildman–Crippen LogP) is 3.18. The molecule has 0 spiro atoms. The number of ether oxygens (including phenoxy) is 2. The van der Waals surface area contributed by atoms with Gasteiger partial charge >= 0.3 is 0 Å². The second-order valence-corrected chi connectivity index (χ2v) is 9.87.